The molecule has 1 aromatic carbocycles. The highest BCUT2D eigenvalue weighted by atomic mass is 79.9. The van der Waals surface area contributed by atoms with E-state index in [1.54, 1.807) is 0 Å². The molecule has 1 unspecified atom stereocenters. The van der Waals surface area contributed by atoms with Gasteiger partial charge in [0.2, 0.25) is 0 Å². The van der Waals surface area contributed by atoms with E-state index in [0.717, 1.165) is 6.54 Å². The summed E-state index contributed by atoms with van der Waals surface area (Å²) in [5, 5.41) is 5.79. The Morgan fingerprint density at radius 1 is 1.35 bits per heavy atom. The number of halogens is 1. The van der Waals surface area contributed by atoms with E-state index in [0.29, 0.717) is 6.04 Å². The smallest absolute Gasteiger partial charge is 0.0329 e. The Kier molecular flexibility index (Phi) is 3.32. The molecular formula is C14H14BrNS. The molecule has 3 rings (SSSR count). The van der Waals surface area contributed by atoms with Crippen LogP contribution in [0.15, 0.2) is 40.2 Å². The zero-order valence-corrected chi connectivity index (χ0v) is 11.9. The standard InChI is InChI=1S/C14H14BrNS/c15-11-4-5-13-10(8-11)3-6-14(13)16-9-12-2-1-7-17-12/h1-2,4-5,7-8,14,16H,3,6,9H2. The van der Waals surface area contributed by atoms with Crippen molar-refractivity contribution in [2.75, 3.05) is 0 Å². The third kappa shape index (κ3) is 2.46. The molecule has 1 nitrogen and oxygen atoms in total. The molecular weight excluding hydrogens is 294 g/mol. The summed E-state index contributed by atoms with van der Waals surface area (Å²) in [6, 6.07) is 11.5. The normalized spacial score (nSPS) is 18.3. The van der Waals surface area contributed by atoms with E-state index in [4.69, 9.17) is 0 Å². The van der Waals surface area contributed by atoms with Gasteiger partial charge in [-0.25, -0.2) is 0 Å². The molecule has 3 heteroatoms. The average molecular weight is 308 g/mol. The lowest BCUT2D eigenvalue weighted by Crippen LogP contribution is -2.17. The van der Waals surface area contributed by atoms with Gasteiger partial charge < -0.3 is 5.32 Å². The number of benzene rings is 1. The van der Waals surface area contributed by atoms with Crippen LogP contribution in [0.4, 0.5) is 0 Å². The largest absolute Gasteiger partial charge is 0.305 e. The van der Waals surface area contributed by atoms with Gasteiger partial charge >= 0.3 is 0 Å². The van der Waals surface area contributed by atoms with Crippen LogP contribution < -0.4 is 5.32 Å². The minimum atomic E-state index is 0.528. The minimum absolute atomic E-state index is 0.528. The molecule has 1 aliphatic carbocycles. The van der Waals surface area contributed by atoms with E-state index >= 15 is 0 Å². The Labute approximate surface area is 114 Å². The van der Waals surface area contributed by atoms with Crippen molar-refractivity contribution in [3.63, 3.8) is 0 Å². The first-order valence-corrected chi connectivity index (χ1v) is 7.54. The van der Waals surface area contributed by atoms with Crippen LogP contribution in [0, 0.1) is 0 Å². The number of hydrogen-bond donors (Lipinski definition) is 1. The van der Waals surface area contributed by atoms with Crippen molar-refractivity contribution >= 4 is 27.3 Å². The number of fused-ring (bicyclic) bond motifs is 1. The summed E-state index contributed by atoms with van der Waals surface area (Å²) in [5.74, 6) is 0. The van der Waals surface area contributed by atoms with Crippen LogP contribution in [-0.4, -0.2) is 0 Å². The Hall–Kier alpha value is -0.640. The fraction of sp³-hybridized carbons (Fsp3) is 0.286. The lowest BCUT2D eigenvalue weighted by molar-refractivity contribution is 0.533. The predicted molar refractivity (Wildman–Crippen MR) is 76.4 cm³/mol. The van der Waals surface area contributed by atoms with Crippen LogP contribution in [0.2, 0.25) is 0 Å². The first-order valence-electron chi connectivity index (χ1n) is 5.87. The Morgan fingerprint density at radius 3 is 3.12 bits per heavy atom. The van der Waals surface area contributed by atoms with Gasteiger partial charge in [-0.15, -0.1) is 11.3 Å². The van der Waals surface area contributed by atoms with E-state index in [1.165, 1.54) is 33.3 Å². The first-order chi connectivity index (χ1) is 8.33. The maximum absolute atomic E-state index is 3.65. The van der Waals surface area contributed by atoms with E-state index in [9.17, 15) is 0 Å². The molecule has 88 valence electrons. The molecule has 0 bridgehead atoms. The van der Waals surface area contributed by atoms with Gasteiger partial charge in [0.25, 0.3) is 0 Å². The highest BCUT2D eigenvalue weighted by molar-refractivity contribution is 9.10. The molecule has 1 aliphatic rings. The number of nitrogens with one attached hydrogen (secondary N) is 1. The summed E-state index contributed by atoms with van der Waals surface area (Å²) < 4.78 is 1.19. The number of aryl methyl sites for hydroxylation is 1. The molecule has 1 heterocycles. The van der Waals surface area contributed by atoms with Gasteiger partial charge in [-0.3, -0.25) is 0 Å². The van der Waals surface area contributed by atoms with Crippen molar-refractivity contribution in [2.45, 2.75) is 25.4 Å². The Morgan fingerprint density at radius 2 is 2.29 bits per heavy atom. The highest BCUT2D eigenvalue weighted by Crippen LogP contribution is 2.33. The molecule has 0 fully saturated rings. The maximum Gasteiger partial charge on any atom is 0.0329 e. The molecule has 0 amide bonds. The summed E-state index contributed by atoms with van der Waals surface area (Å²) >= 11 is 5.36. The number of hydrogen-bond acceptors (Lipinski definition) is 2. The second-order valence-corrected chi connectivity index (χ2v) is 6.34. The van der Waals surface area contributed by atoms with Gasteiger partial charge in [0.05, 0.1) is 0 Å². The third-order valence-corrected chi connectivity index (χ3v) is 4.66. The van der Waals surface area contributed by atoms with Crippen LogP contribution in [0.25, 0.3) is 0 Å². The summed E-state index contributed by atoms with van der Waals surface area (Å²) in [4.78, 5) is 1.41. The second-order valence-electron chi connectivity index (χ2n) is 4.39. The predicted octanol–water partition coefficient (Wildman–Crippen LogP) is 4.29. The summed E-state index contributed by atoms with van der Waals surface area (Å²) in [7, 11) is 0. The summed E-state index contributed by atoms with van der Waals surface area (Å²) in [6.45, 7) is 0.984. The van der Waals surface area contributed by atoms with Crippen LogP contribution in [0.3, 0.4) is 0 Å². The molecule has 1 N–H and O–H groups in total. The monoisotopic (exact) mass is 307 g/mol. The lowest BCUT2D eigenvalue weighted by Gasteiger charge is -2.13. The van der Waals surface area contributed by atoms with Crippen LogP contribution in [-0.2, 0) is 13.0 Å². The zero-order valence-electron chi connectivity index (χ0n) is 9.45. The minimum Gasteiger partial charge on any atom is -0.305 e. The molecule has 1 aromatic heterocycles. The average Bonchev–Trinajstić information content (AvgIpc) is 2.94. The van der Waals surface area contributed by atoms with Gasteiger partial charge in [0.15, 0.2) is 0 Å². The maximum atomic E-state index is 3.65. The van der Waals surface area contributed by atoms with Crippen molar-refractivity contribution in [3.8, 4) is 0 Å². The third-order valence-electron chi connectivity index (χ3n) is 3.29. The fourth-order valence-corrected chi connectivity index (χ4v) is 3.50. The summed E-state index contributed by atoms with van der Waals surface area (Å²) in [5.41, 5.74) is 2.97. The van der Waals surface area contributed by atoms with Gasteiger partial charge in [-0.05, 0) is 47.5 Å². The molecule has 0 spiro atoms. The molecule has 0 saturated carbocycles. The van der Waals surface area contributed by atoms with Crippen molar-refractivity contribution < 1.29 is 0 Å². The SMILES string of the molecule is Brc1ccc2c(c1)CCC2NCc1cccs1. The van der Waals surface area contributed by atoms with Crippen LogP contribution in [0.5, 0.6) is 0 Å². The molecule has 0 aliphatic heterocycles. The Balaban J connectivity index is 1.71. The number of thiophene rings is 1. The van der Waals surface area contributed by atoms with E-state index in [2.05, 4.69) is 57.0 Å². The van der Waals surface area contributed by atoms with Gasteiger partial charge in [-0.1, -0.05) is 28.1 Å². The summed E-state index contributed by atoms with van der Waals surface area (Å²) in [6.07, 6.45) is 2.41. The van der Waals surface area contributed by atoms with Crippen molar-refractivity contribution in [2.24, 2.45) is 0 Å². The molecule has 0 saturated heterocycles. The van der Waals surface area contributed by atoms with Gasteiger partial charge in [-0.2, -0.15) is 0 Å². The molecule has 2 aromatic rings. The van der Waals surface area contributed by atoms with Crippen molar-refractivity contribution in [3.05, 3.63) is 56.2 Å². The van der Waals surface area contributed by atoms with Crippen LogP contribution >= 0.6 is 27.3 Å². The fourth-order valence-electron chi connectivity index (χ4n) is 2.44. The van der Waals surface area contributed by atoms with E-state index in [-0.39, 0.29) is 0 Å². The van der Waals surface area contributed by atoms with Gasteiger partial charge in [0, 0.05) is 21.9 Å². The van der Waals surface area contributed by atoms with E-state index in [1.807, 2.05) is 11.3 Å². The second kappa shape index (κ2) is 4.92. The van der Waals surface area contributed by atoms with Crippen molar-refractivity contribution in [1.82, 2.24) is 5.32 Å². The van der Waals surface area contributed by atoms with Gasteiger partial charge in [0.1, 0.15) is 0 Å². The van der Waals surface area contributed by atoms with E-state index < -0.39 is 0 Å². The molecule has 1 atom stereocenters. The van der Waals surface area contributed by atoms with Crippen LogP contribution in [0.1, 0.15) is 28.5 Å². The zero-order chi connectivity index (χ0) is 11.7. The first kappa shape index (κ1) is 11.5. The molecule has 0 radical (unpaired) electrons. The topological polar surface area (TPSA) is 12.0 Å². The lowest BCUT2D eigenvalue weighted by atomic mass is 10.1. The highest BCUT2D eigenvalue weighted by Gasteiger charge is 2.21. The quantitative estimate of drug-likeness (QED) is 0.892. The number of rotatable bonds is 3. The van der Waals surface area contributed by atoms with Crippen molar-refractivity contribution in [1.29, 1.82) is 0 Å². The molecule has 17 heavy (non-hydrogen) atoms. The Bertz CT molecular complexity index is 507.